The van der Waals surface area contributed by atoms with Crippen LogP contribution in [0.4, 0.5) is 5.69 Å². The standard InChI is InChI=1S/C13H22N2O2S.ClH/c1-13(2,3)10-18(16,17)15-9-8-11-4-6-12(14)7-5-11;/h4-7,15H,8-10,14H2,1-3H3;1H. The second-order valence-electron chi connectivity index (χ2n) is 5.71. The van der Waals surface area contributed by atoms with Gasteiger partial charge in [0.2, 0.25) is 10.0 Å². The molecule has 0 saturated carbocycles. The van der Waals surface area contributed by atoms with Crippen LogP contribution in [-0.2, 0) is 16.4 Å². The highest BCUT2D eigenvalue weighted by Crippen LogP contribution is 2.15. The zero-order valence-corrected chi connectivity index (χ0v) is 13.3. The molecule has 4 nitrogen and oxygen atoms in total. The van der Waals surface area contributed by atoms with Crippen LogP contribution in [0.5, 0.6) is 0 Å². The average molecular weight is 307 g/mol. The number of nitrogens with one attached hydrogen (secondary N) is 1. The molecule has 1 rings (SSSR count). The van der Waals surface area contributed by atoms with Crippen LogP contribution in [0.1, 0.15) is 26.3 Å². The number of nitrogen functional groups attached to an aromatic ring is 1. The number of rotatable bonds is 5. The molecule has 0 amide bonds. The molecule has 110 valence electrons. The number of anilines is 1. The van der Waals surface area contributed by atoms with Gasteiger partial charge in [0.25, 0.3) is 0 Å². The Kier molecular flexibility index (Phi) is 6.83. The van der Waals surface area contributed by atoms with E-state index in [1.807, 2.05) is 45.0 Å². The van der Waals surface area contributed by atoms with Crippen molar-refractivity contribution in [1.82, 2.24) is 4.72 Å². The molecule has 0 bridgehead atoms. The second kappa shape index (κ2) is 7.12. The minimum absolute atomic E-state index is 0. The fourth-order valence-electron chi connectivity index (χ4n) is 1.66. The third-order valence-electron chi connectivity index (χ3n) is 2.34. The first-order valence-corrected chi connectivity index (χ1v) is 7.65. The first-order valence-electron chi connectivity index (χ1n) is 6.00. The number of hydrogen-bond donors (Lipinski definition) is 2. The average Bonchev–Trinajstić information content (AvgIpc) is 2.17. The quantitative estimate of drug-likeness (QED) is 0.819. The molecule has 0 saturated heterocycles. The van der Waals surface area contributed by atoms with Crippen molar-refractivity contribution in [1.29, 1.82) is 0 Å². The maximum Gasteiger partial charge on any atom is 0.212 e. The third-order valence-corrected chi connectivity index (χ3v) is 4.23. The Labute approximate surface area is 122 Å². The van der Waals surface area contributed by atoms with Gasteiger partial charge in [-0.05, 0) is 29.5 Å². The molecule has 0 radical (unpaired) electrons. The van der Waals surface area contributed by atoms with Crippen molar-refractivity contribution in [3.8, 4) is 0 Å². The molecule has 0 aromatic heterocycles. The van der Waals surface area contributed by atoms with E-state index in [0.717, 1.165) is 5.56 Å². The summed E-state index contributed by atoms with van der Waals surface area (Å²) in [6.07, 6.45) is 0.670. The fourth-order valence-corrected chi connectivity index (χ4v) is 3.31. The predicted molar refractivity (Wildman–Crippen MR) is 83.1 cm³/mol. The van der Waals surface area contributed by atoms with E-state index in [2.05, 4.69) is 4.72 Å². The molecule has 0 fully saturated rings. The first kappa shape index (κ1) is 18.2. The van der Waals surface area contributed by atoms with E-state index in [1.54, 1.807) is 0 Å². The van der Waals surface area contributed by atoms with Crippen LogP contribution in [0.3, 0.4) is 0 Å². The summed E-state index contributed by atoms with van der Waals surface area (Å²) in [5.41, 5.74) is 7.14. The Balaban J connectivity index is 0.00000324. The molecule has 0 atom stereocenters. The Morgan fingerprint density at radius 2 is 1.68 bits per heavy atom. The molecule has 0 unspecified atom stereocenters. The van der Waals surface area contributed by atoms with Crippen molar-refractivity contribution >= 4 is 28.1 Å². The van der Waals surface area contributed by atoms with Crippen LogP contribution in [0, 0.1) is 5.41 Å². The molecule has 0 aliphatic carbocycles. The van der Waals surface area contributed by atoms with Crippen molar-refractivity contribution in [2.24, 2.45) is 5.41 Å². The van der Waals surface area contributed by atoms with Crippen molar-refractivity contribution in [2.75, 3.05) is 18.0 Å². The zero-order valence-electron chi connectivity index (χ0n) is 11.6. The minimum atomic E-state index is -3.19. The maximum absolute atomic E-state index is 11.8. The maximum atomic E-state index is 11.8. The summed E-state index contributed by atoms with van der Waals surface area (Å²) in [7, 11) is -3.19. The smallest absolute Gasteiger partial charge is 0.212 e. The number of benzene rings is 1. The monoisotopic (exact) mass is 306 g/mol. The topological polar surface area (TPSA) is 72.2 Å². The normalized spacial score (nSPS) is 11.9. The number of nitrogens with two attached hydrogens (primary N) is 1. The van der Waals surface area contributed by atoms with Crippen LogP contribution < -0.4 is 10.5 Å². The largest absolute Gasteiger partial charge is 0.399 e. The number of halogens is 1. The van der Waals surface area contributed by atoms with E-state index in [4.69, 9.17) is 5.73 Å². The van der Waals surface area contributed by atoms with E-state index in [1.165, 1.54) is 0 Å². The lowest BCUT2D eigenvalue weighted by atomic mass is 10.0. The Hall–Kier alpha value is -0.780. The van der Waals surface area contributed by atoms with Crippen LogP contribution in [0.2, 0.25) is 0 Å². The van der Waals surface area contributed by atoms with Crippen LogP contribution in [-0.4, -0.2) is 20.7 Å². The Morgan fingerprint density at radius 1 is 1.16 bits per heavy atom. The lowest BCUT2D eigenvalue weighted by Crippen LogP contribution is -2.33. The fraction of sp³-hybridized carbons (Fsp3) is 0.538. The van der Waals surface area contributed by atoms with Gasteiger partial charge in [-0.25, -0.2) is 13.1 Å². The van der Waals surface area contributed by atoms with Gasteiger partial charge < -0.3 is 5.73 Å². The predicted octanol–water partition coefficient (Wildman–Crippen LogP) is 2.20. The molecule has 3 N–H and O–H groups in total. The highest BCUT2D eigenvalue weighted by atomic mass is 35.5. The highest BCUT2D eigenvalue weighted by molar-refractivity contribution is 7.89. The zero-order chi connectivity index (χ0) is 13.8. The molecule has 0 aliphatic heterocycles. The second-order valence-corrected chi connectivity index (χ2v) is 7.51. The van der Waals surface area contributed by atoms with Crippen molar-refractivity contribution in [3.05, 3.63) is 29.8 Å². The van der Waals surface area contributed by atoms with Crippen molar-refractivity contribution in [3.63, 3.8) is 0 Å². The third kappa shape index (κ3) is 8.08. The first-order chi connectivity index (χ1) is 8.18. The molecule has 1 aromatic rings. The van der Waals surface area contributed by atoms with E-state index in [0.29, 0.717) is 18.7 Å². The highest BCUT2D eigenvalue weighted by Gasteiger charge is 2.20. The van der Waals surface area contributed by atoms with Gasteiger partial charge in [0.15, 0.2) is 0 Å². The molecule has 6 heteroatoms. The Bertz CT molecular complexity index is 478. The van der Waals surface area contributed by atoms with Crippen LogP contribution >= 0.6 is 12.4 Å². The van der Waals surface area contributed by atoms with Crippen molar-refractivity contribution < 1.29 is 8.42 Å². The number of sulfonamides is 1. The molecule has 0 heterocycles. The summed E-state index contributed by atoms with van der Waals surface area (Å²) >= 11 is 0. The van der Waals surface area contributed by atoms with Crippen LogP contribution in [0.25, 0.3) is 0 Å². The molecular formula is C13H23ClN2O2S. The summed E-state index contributed by atoms with van der Waals surface area (Å²) in [4.78, 5) is 0. The lowest BCUT2D eigenvalue weighted by Gasteiger charge is -2.18. The van der Waals surface area contributed by atoms with Gasteiger partial charge in [-0.15, -0.1) is 12.4 Å². The van der Waals surface area contributed by atoms with E-state index in [-0.39, 0.29) is 23.6 Å². The van der Waals surface area contributed by atoms with E-state index < -0.39 is 10.0 Å². The molecule has 19 heavy (non-hydrogen) atoms. The van der Waals surface area contributed by atoms with Gasteiger partial charge >= 0.3 is 0 Å². The summed E-state index contributed by atoms with van der Waals surface area (Å²) in [6.45, 7) is 6.15. The number of hydrogen-bond acceptors (Lipinski definition) is 3. The van der Waals surface area contributed by atoms with Gasteiger partial charge in [-0.3, -0.25) is 0 Å². The van der Waals surface area contributed by atoms with Crippen LogP contribution in [0.15, 0.2) is 24.3 Å². The molecule has 1 aromatic carbocycles. The van der Waals surface area contributed by atoms with Gasteiger partial charge in [-0.2, -0.15) is 0 Å². The Morgan fingerprint density at radius 3 is 2.16 bits per heavy atom. The van der Waals surface area contributed by atoms with Gasteiger partial charge in [0.1, 0.15) is 0 Å². The molecule has 0 aliphatic rings. The van der Waals surface area contributed by atoms with Gasteiger partial charge in [0, 0.05) is 12.2 Å². The summed E-state index contributed by atoms with van der Waals surface area (Å²) < 4.78 is 26.1. The summed E-state index contributed by atoms with van der Waals surface area (Å²) in [6, 6.07) is 7.46. The van der Waals surface area contributed by atoms with E-state index in [9.17, 15) is 8.42 Å². The molecule has 0 spiro atoms. The summed E-state index contributed by atoms with van der Waals surface area (Å²) in [5, 5.41) is 0. The SMILES string of the molecule is CC(C)(C)CS(=O)(=O)NCCc1ccc(N)cc1.Cl. The van der Waals surface area contributed by atoms with E-state index >= 15 is 0 Å². The minimum Gasteiger partial charge on any atom is -0.399 e. The lowest BCUT2D eigenvalue weighted by molar-refractivity contribution is 0.458. The van der Waals surface area contributed by atoms with Crippen molar-refractivity contribution in [2.45, 2.75) is 27.2 Å². The van der Waals surface area contributed by atoms with Gasteiger partial charge in [-0.1, -0.05) is 32.9 Å². The van der Waals surface area contributed by atoms with Gasteiger partial charge in [0.05, 0.1) is 5.75 Å². The molecular weight excluding hydrogens is 284 g/mol. The summed E-state index contributed by atoms with van der Waals surface area (Å²) in [5.74, 6) is 0.141.